The molecule has 0 amide bonds. The van der Waals surface area contributed by atoms with E-state index in [0.717, 1.165) is 49.3 Å². The number of rotatable bonds is 6. The Hall–Kier alpha value is -2.03. The van der Waals surface area contributed by atoms with E-state index in [1.807, 2.05) is 43.3 Å². The molecule has 0 saturated carbocycles. The van der Waals surface area contributed by atoms with Gasteiger partial charge in [-0.25, -0.2) is 0 Å². The molecule has 0 spiro atoms. The van der Waals surface area contributed by atoms with Crippen molar-refractivity contribution in [2.75, 3.05) is 20.8 Å². The Bertz CT molecular complexity index is 844. The molecule has 1 atom stereocenters. The smallest absolute Gasteiger partial charge is 0.177 e. The molecule has 0 radical (unpaired) electrons. The molecule has 0 fully saturated rings. The lowest BCUT2D eigenvalue weighted by Gasteiger charge is -2.13. The third kappa shape index (κ3) is 3.40. The molecule has 24 heavy (non-hydrogen) atoms. The van der Waals surface area contributed by atoms with E-state index in [-0.39, 0.29) is 0 Å². The summed E-state index contributed by atoms with van der Waals surface area (Å²) in [4.78, 5) is 0. The Morgan fingerprint density at radius 2 is 1.88 bits per heavy atom. The molecule has 0 saturated heterocycles. The number of hydrogen-bond acceptors (Lipinski definition) is 4. The maximum atomic E-state index is 6.05. The van der Waals surface area contributed by atoms with E-state index >= 15 is 0 Å². The highest BCUT2D eigenvalue weighted by Gasteiger charge is 2.16. The van der Waals surface area contributed by atoms with Crippen molar-refractivity contribution in [2.24, 2.45) is 0 Å². The standard InChI is InChI=1S/C19H22NO3P/c1-13-17(12-20(2)24-4)16-9-6-10-18(19(16)22-13)23-15-8-5-7-14(11-15)21-3/h5-11,24H,12H2,1-4H3. The largest absolute Gasteiger partial charge is 0.497 e. The fourth-order valence-electron chi connectivity index (χ4n) is 2.65. The second-order valence-corrected chi connectivity index (χ2v) is 6.84. The summed E-state index contributed by atoms with van der Waals surface area (Å²) >= 11 is 0. The minimum absolute atomic E-state index is 0.719. The highest BCUT2D eigenvalue weighted by Crippen LogP contribution is 2.36. The monoisotopic (exact) mass is 343 g/mol. The van der Waals surface area contributed by atoms with Crippen LogP contribution in [0.5, 0.6) is 17.2 Å². The van der Waals surface area contributed by atoms with Gasteiger partial charge in [-0.05, 0) is 38.8 Å². The van der Waals surface area contributed by atoms with Gasteiger partial charge in [0.15, 0.2) is 11.3 Å². The van der Waals surface area contributed by atoms with Crippen molar-refractivity contribution in [2.45, 2.75) is 13.5 Å². The average Bonchev–Trinajstić information content (AvgIpc) is 2.92. The summed E-state index contributed by atoms with van der Waals surface area (Å²) in [5.41, 5.74) is 2.01. The molecule has 1 heterocycles. The van der Waals surface area contributed by atoms with Crippen molar-refractivity contribution in [3.63, 3.8) is 0 Å². The van der Waals surface area contributed by atoms with Crippen LogP contribution in [-0.2, 0) is 6.54 Å². The second-order valence-electron chi connectivity index (χ2n) is 5.63. The van der Waals surface area contributed by atoms with Crippen LogP contribution in [0, 0.1) is 6.92 Å². The van der Waals surface area contributed by atoms with Gasteiger partial charge in [0.25, 0.3) is 0 Å². The van der Waals surface area contributed by atoms with Crippen LogP contribution in [-0.4, -0.2) is 25.5 Å². The van der Waals surface area contributed by atoms with Crippen molar-refractivity contribution in [3.8, 4) is 17.2 Å². The van der Waals surface area contributed by atoms with Gasteiger partial charge in [0.1, 0.15) is 17.3 Å². The van der Waals surface area contributed by atoms with Gasteiger partial charge in [0.2, 0.25) is 0 Å². The van der Waals surface area contributed by atoms with Gasteiger partial charge in [-0.1, -0.05) is 26.9 Å². The number of furan rings is 1. The SMILES string of the molecule is COc1cccc(Oc2cccc3c(CN(C)PC)c(C)oc23)c1. The Labute approximate surface area is 144 Å². The van der Waals surface area contributed by atoms with Crippen LogP contribution in [0.15, 0.2) is 46.9 Å². The predicted molar refractivity (Wildman–Crippen MR) is 99.7 cm³/mol. The summed E-state index contributed by atoms with van der Waals surface area (Å²) in [6.45, 7) is 5.06. The van der Waals surface area contributed by atoms with Gasteiger partial charge in [-0.15, -0.1) is 0 Å². The molecule has 2 aromatic carbocycles. The number of ether oxygens (including phenoxy) is 2. The van der Waals surface area contributed by atoms with Gasteiger partial charge in [0, 0.05) is 23.6 Å². The first-order valence-electron chi connectivity index (χ1n) is 7.83. The summed E-state index contributed by atoms with van der Waals surface area (Å²) in [5, 5.41) is 1.11. The Balaban J connectivity index is 1.98. The van der Waals surface area contributed by atoms with Crippen LogP contribution in [0.2, 0.25) is 0 Å². The Kier molecular flexibility index (Phi) is 5.08. The van der Waals surface area contributed by atoms with Crippen molar-refractivity contribution >= 4 is 19.7 Å². The predicted octanol–water partition coefficient (Wildman–Crippen LogP) is 5.20. The number of nitrogens with zero attached hydrogens (tertiary/aromatic N) is 1. The molecule has 0 aliphatic rings. The van der Waals surface area contributed by atoms with E-state index in [0.29, 0.717) is 0 Å². The summed E-state index contributed by atoms with van der Waals surface area (Å²) in [6.07, 6.45) is 0. The van der Waals surface area contributed by atoms with Gasteiger partial charge in [-0.3, -0.25) is 4.67 Å². The zero-order chi connectivity index (χ0) is 17.1. The molecule has 4 nitrogen and oxygen atoms in total. The molecule has 0 aliphatic heterocycles. The molecular formula is C19H22NO3P. The molecule has 1 unspecified atom stereocenters. The van der Waals surface area contributed by atoms with E-state index in [9.17, 15) is 0 Å². The van der Waals surface area contributed by atoms with Crippen LogP contribution in [0.25, 0.3) is 11.0 Å². The molecule has 0 bridgehead atoms. The van der Waals surface area contributed by atoms with Gasteiger partial charge in [-0.2, -0.15) is 0 Å². The molecule has 5 heteroatoms. The Morgan fingerprint density at radius 1 is 1.12 bits per heavy atom. The van der Waals surface area contributed by atoms with Gasteiger partial charge < -0.3 is 13.9 Å². The van der Waals surface area contributed by atoms with Crippen molar-refractivity contribution in [1.29, 1.82) is 0 Å². The number of fused-ring (bicyclic) bond motifs is 1. The average molecular weight is 343 g/mol. The number of benzene rings is 2. The number of para-hydroxylation sites is 1. The normalized spacial score (nSPS) is 11.7. The number of aryl methyl sites for hydroxylation is 1. The molecular weight excluding hydrogens is 321 g/mol. The first kappa shape index (κ1) is 16.8. The zero-order valence-corrected chi connectivity index (χ0v) is 15.4. The summed E-state index contributed by atoms with van der Waals surface area (Å²) < 4.78 is 19.6. The third-order valence-electron chi connectivity index (χ3n) is 4.03. The van der Waals surface area contributed by atoms with Gasteiger partial charge >= 0.3 is 0 Å². The van der Waals surface area contributed by atoms with E-state index in [2.05, 4.69) is 24.4 Å². The van der Waals surface area contributed by atoms with E-state index in [1.54, 1.807) is 7.11 Å². The van der Waals surface area contributed by atoms with E-state index in [4.69, 9.17) is 13.9 Å². The maximum absolute atomic E-state index is 6.05. The summed E-state index contributed by atoms with van der Waals surface area (Å²) in [7, 11) is 4.52. The molecule has 3 aromatic rings. The van der Waals surface area contributed by atoms with E-state index < -0.39 is 0 Å². The molecule has 3 rings (SSSR count). The summed E-state index contributed by atoms with van der Waals surface area (Å²) in [5.74, 6) is 3.15. The van der Waals surface area contributed by atoms with Crippen LogP contribution in [0.3, 0.4) is 0 Å². The fourth-order valence-corrected chi connectivity index (χ4v) is 2.96. The molecule has 0 aliphatic carbocycles. The quantitative estimate of drug-likeness (QED) is 0.576. The number of methoxy groups -OCH3 is 1. The highest BCUT2D eigenvalue weighted by molar-refractivity contribution is 7.34. The van der Waals surface area contributed by atoms with Crippen LogP contribution < -0.4 is 9.47 Å². The lowest BCUT2D eigenvalue weighted by molar-refractivity contribution is 0.408. The molecule has 126 valence electrons. The lowest BCUT2D eigenvalue weighted by atomic mass is 10.1. The topological polar surface area (TPSA) is 34.8 Å². The minimum atomic E-state index is 0.719. The van der Waals surface area contributed by atoms with Crippen molar-refractivity contribution in [3.05, 3.63) is 53.8 Å². The molecule has 0 N–H and O–H groups in total. The highest BCUT2D eigenvalue weighted by atomic mass is 31.1. The fraction of sp³-hybridized carbons (Fsp3) is 0.263. The second kappa shape index (κ2) is 7.25. The minimum Gasteiger partial charge on any atom is -0.497 e. The summed E-state index contributed by atoms with van der Waals surface area (Å²) in [6, 6.07) is 13.6. The third-order valence-corrected chi connectivity index (χ3v) is 4.95. The lowest BCUT2D eigenvalue weighted by Crippen LogP contribution is -2.06. The van der Waals surface area contributed by atoms with Crippen molar-refractivity contribution in [1.82, 2.24) is 4.67 Å². The van der Waals surface area contributed by atoms with Crippen molar-refractivity contribution < 1.29 is 13.9 Å². The van der Waals surface area contributed by atoms with Crippen LogP contribution in [0.1, 0.15) is 11.3 Å². The first-order valence-corrected chi connectivity index (χ1v) is 9.28. The maximum Gasteiger partial charge on any atom is 0.177 e. The first-order chi connectivity index (χ1) is 11.6. The molecule has 1 aromatic heterocycles. The number of hydrogen-bond donors (Lipinski definition) is 0. The Morgan fingerprint density at radius 3 is 2.62 bits per heavy atom. The van der Waals surface area contributed by atoms with Crippen LogP contribution in [0.4, 0.5) is 0 Å². The zero-order valence-electron chi connectivity index (χ0n) is 14.4. The van der Waals surface area contributed by atoms with Gasteiger partial charge in [0.05, 0.1) is 7.11 Å². The van der Waals surface area contributed by atoms with E-state index in [1.165, 1.54) is 5.56 Å². The van der Waals surface area contributed by atoms with Crippen LogP contribution >= 0.6 is 8.73 Å².